The Hall–Kier alpha value is -1.89. The van der Waals surface area contributed by atoms with E-state index >= 15 is 0 Å². The molecular weight excluding hydrogens is 310 g/mol. The highest BCUT2D eigenvalue weighted by Gasteiger charge is 2.30. The first kappa shape index (κ1) is 14.7. The molecule has 2 aromatic rings. The maximum atomic E-state index is 12.7. The third-order valence-corrected chi connectivity index (χ3v) is 5.68. The number of piperidine rings is 1. The van der Waals surface area contributed by atoms with E-state index in [2.05, 4.69) is 20.5 Å². The van der Waals surface area contributed by atoms with Crippen molar-refractivity contribution in [3.05, 3.63) is 33.5 Å². The number of aryl methyl sites for hydroxylation is 1. The molecule has 7 heteroatoms. The molecule has 1 atom stereocenters. The molecule has 2 aliphatic rings. The van der Waals surface area contributed by atoms with Crippen LogP contribution in [-0.4, -0.2) is 32.7 Å². The highest BCUT2D eigenvalue weighted by Crippen LogP contribution is 2.32. The van der Waals surface area contributed by atoms with Crippen LogP contribution in [0.1, 0.15) is 53.7 Å². The van der Waals surface area contributed by atoms with Gasteiger partial charge in [-0.05, 0) is 44.1 Å². The number of nitrogens with one attached hydrogen (secondary N) is 2. The second-order valence-electron chi connectivity index (χ2n) is 6.21. The van der Waals surface area contributed by atoms with Gasteiger partial charge in [0.15, 0.2) is 0 Å². The SMILES string of the molecule is O=C(NCc1n[nH]c2c1CCC2)N1CCCC[C@H]1c1nccs1. The minimum absolute atomic E-state index is 0.000327. The van der Waals surface area contributed by atoms with Gasteiger partial charge in [0, 0.05) is 23.8 Å². The molecule has 2 amide bonds. The summed E-state index contributed by atoms with van der Waals surface area (Å²) in [6, 6.07) is 0.119. The summed E-state index contributed by atoms with van der Waals surface area (Å²) in [4.78, 5) is 19.0. The van der Waals surface area contributed by atoms with Crippen LogP contribution in [0.5, 0.6) is 0 Å². The van der Waals surface area contributed by atoms with E-state index in [0.29, 0.717) is 6.54 Å². The predicted octanol–water partition coefficient (Wildman–Crippen LogP) is 2.79. The highest BCUT2D eigenvalue weighted by atomic mass is 32.1. The van der Waals surface area contributed by atoms with Crippen molar-refractivity contribution in [1.29, 1.82) is 0 Å². The Morgan fingerprint density at radius 3 is 3.22 bits per heavy atom. The van der Waals surface area contributed by atoms with Crippen LogP contribution < -0.4 is 5.32 Å². The summed E-state index contributed by atoms with van der Waals surface area (Å²) in [6.07, 6.45) is 8.37. The van der Waals surface area contributed by atoms with Gasteiger partial charge < -0.3 is 10.2 Å². The lowest BCUT2D eigenvalue weighted by Gasteiger charge is -2.34. The number of hydrogen-bond acceptors (Lipinski definition) is 4. The van der Waals surface area contributed by atoms with E-state index in [4.69, 9.17) is 0 Å². The third kappa shape index (κ3) is 2.85. The molecule has 3 heterocycles. The first-order valence-electron chi connectivity index (χ1n) is 8.32. The van der Waals surface area contributed by atoms with Crippen LogP contribution in [0.2, 0.25) is 0 Å². The third-order valence-electron chi connectivity index (χ3n) is 4.80. The van der Waals surface area contributed by atoms with Crippen LogP contribution in [-0.2, 0) is 19.4 Å². The van der Waals surface area contributed by atoms with E-state index < -0.39 is 0 Å². The van der Waals surface area contributed by atoms with Crippen LogP contribution >= 0.6 is 11.3 Å². The standard InChI is InChI=1S/C16H21N5OS/c22-16(18-10-13-11-4-3-5-12(11)19-20-13)21-8-2-1-6-14(21)15-17-7-9-23-15/h7,9,14H,1-6,8,10H2,(H,18,22)(H,19,20)/t14-/m0/s1. The summed E-state index contributed by atoms with van der Waals surface area (Å²) >= 11 is 1.63. The highest BCUT2D eigenvalue weighted by molar-refractivity contribution is 7.09. The number of likely N-dealkylation sites (tertiary alicyclic amines) is 1. The summed E-state index contributed by atoms with van der Waals surface area (Å²) in [7, 11) is 0. The van der Waals surface area contributed by atoms with E-state index in [9.17, 15) is 4.79 Å². The van der Waals surface area contributed by atoms with E-state index in [1.54, 1.807) is 11.3 Å². The zero-order valence-corrected chi connectivity index (χ0v) is 13.9. The van der Waals surface area contributed by atoms with Crippen molar-refractivity contribution in [1.82, 2.24) is 25.4 Å². The first-order chi connectivity index (χ1) is 11.3. The van der Waals surface area contributed by atoms with Crippen molar-refractivity contribution < 1.29 is 4.79 Å². The topological polar surface area (TPSA) is 73.9 Å². The molecular formula is C16H21N5OS. The number of rotatable bonds is 3. The first-order valence-corrected chi connectivity index (χ1v) is 9.20. The minimum atomic E-state index is -0.000327. The Morgan fingerprint density at radius 1 is 1.39 bits per heavy atom. The number of thiazole rings is 1. The fourth-order valence-corrected chi connectivity index (χ4v) is 4.41. The van der Waals surface area contributed by atoms with Crippen molar-refractivity contribution in [3.63, 3.8) is 0 Å². The number of urea groups is 1. The number of aromatic amines is 1. The lowest BCUT2D eigenvalue weighted by atomic mass is 10.0. The Labute approximate surface area is 139 Å². The molecule has 0 aromatic carbocycles. The predicted molar refractivity (Wildman–Crippen MR) is 88.3 cm³/mol. The van der Waals surface area contributed by atoms with Crippen LogP contribution in [0.25, 0.3) is 0 Å². The number of fused-ring (bicyclic) bond motifs is 1. The van der Waals surface area contributed by atoms with E-state index in [-0.39, 0.29) is 12.1 Å². The maximum Gasteiger partial charge on any atom is 0.318 e. The molecule has 1 fully saturated rings. The number of carbonyl (C=O) groups excluding carboxylic acids is 1. The second kappa shape index (κ2) is 6.31. The van der Waals surface area contributed by atoms with Crippen LogP contribution in [0.4, 0.5) is 4.79 Å². The van der Waals surface area contributed by atoms with Crippen molar-refractivity contribution >= 4 is 17.4 Å². The average Bonchev–Trinajstić information content (AvgIpc) is 3.30. The minimum Gasteiger partial charge on any atom is -0.332 e. The molecule has 1 saturated heterocycles. The quantitative estimate of drug-likeness (QED) is 0.908. The lowest BCUT2D eigenvalue weighted by Crippen LogP contribution is -2.44. The van der Waals surface area contributed by atoms with E-state index in [1.807, 2.05) is 16.5 Å². The van der Waals surface area contributed by atoms with Crippen molar-refractivity contribution in [2.45, 2.75) is 51.1 Å². The van der Waals surface area contributed by atoms with Crippen molar-refractivity contribution in [2.75, 3.05) is 6.54 Å². The van der Waals surface area contributed by atoms with Gasteiger partial charge in [-0.1, -0.05) is 0 Å². The number of aromatic nitrogens is 3. The monoisotopic (exact) mass is 331 g/mol. The van der Waals surface area contributed by atoms with Crippen molar-refractivity contribution in [2.24, 2.45) is 0 Å². The number of amides is 2. The Morgan fingerprint density at radius 2 is 2.35 bits per heavy atom. The van der Waals surface area contributed by atoms with Gasteiger partial charge in [-0.3, -0.25) is 5.10 Å². The van der Waals surface area contributed by atoms with Crippen LogP contribution in [0.15, 0.2) is 11.6 Å². The number of nitrogens with zero attached hydrogens (tertiary/aromatic N) is 3. The molecule has 1 aliphatic carbocycles. The summed E-state index contributed by atoms with van der Waals surface area (Å²) in [5.41, 5.74) is 3.54. The Kier molecular flexibility index (Phi) is 4.03. The molecule has 23 heavy (non-hydrogen) atoms. The molecule has 0 unspecified atom stereocenters. The van der Waals surface area contributed by atoms with Gasteiger partial charge in [-0.2, -0.15) is 5.10 Å². The molecule has 122 valence electrons. The number of H-pyrrole nitrogens is 1. The van der Waals surface area contributed by atoms with Crippen LogP contribution in [0, 0.1) is 0 Å². The van der Waals surface area contributed by atoms with E-state index in [0.717, 1.165) is 49.4 Å². The number of hydrogen-bond donors (Lipinski definition) is 2. The molecule has 2 N–H and O–H groups in total. The Balaban J connectivity index is 1.43. The van der Waals surface area contributed by atoms with Crippen molar-refractivity contribution in [3.8, 4) is 0 Å². The summed E-state index contributed by atoms with van der Waals surface area (Å²) in [5, 5.41) is 13.5. The second-order valence-corrected chi connectivity index (χ2v) is 7.14. The normalized spacial score (nSPS) is 20.5. The molecule has 0 spiro atoms. The lowest BCUT2D eigenvalue weighted by molar-refractivity contribution is 0.151. The van der Waals surface area contributed by atoms with Gasteiger partial charge in [-0.15, -0.1) is 11.3 Å². The molecule has 0 saturated carbocycles. The fraction of sp³-hybridized carbons (Fsp3) is 0.562. The molecule has 6 nitrogen and oxygen atoms in total. The van der Waals surface area contributed by atoms with Gasteiger partial charge in [0.25, 0.3) is 0 Å². The number of carbonyl (C=O) groups is 1. The average molecular weight is 331 g/mol. The Bertz CT molecular complexity index is 681. The van der Waals surface area contributed by atoms with E-state index in [1.165, 1.54) is 17.7 Å². The summed E-state index contributed by atoms with van der Waals surface area (Å²) in [6.45, 7) is 1.31. The summed E-state index contributed by atoms with van der Waals surface area (Å²) in [5.74, 6) is 0. The van der Waals surface area contributed by atoms with Gasteiger partial charge in [0.2, 0.25) is 0 Å². The fourth-order valence-electron chi connectivity index (χ4n) is 3.63. The largest absolute Gasteiger partial charge is 0.332 e. The summed E-state index contributed by atoms with van der Waals surface area (Å²) < 4.78 is 0. The van der Waals surface area contributed by atoms with Gasteiger partial charge in [-0.25, -0.2) is 9.78 Å². The van der Waals surface area contributed by atoms with Gasteiger partial charge >= 0.3 is 6.03 Å². The smallest absolute Gasteiger partial charge is 0.318 e. The maximum absolute atomic E-state index is 12.7. The molecule has 0 radical (unpaired) electrons. The molecule has 1 aliphatic heterocycles. The van der Waals surface area contributed by atoms with Gasteiger partial charge in [0.1, 0.15) is 5.01 Å². The zero-order chi connectivity index (χ0) is 15.6. The molecule has 2 aromatic heterocycles. The molecule has 4 rings (SSSR count). The molecule has 0 bridgehead atoms. The van der Waals surface area contributed by atoms with Gasteiger partial charge in [0.05, 0.1) is 18.3 Å². The van der Waals surface area contributed by atoms with Crippen LogP contribution in [0.3, 0.4) is 0 Å². The zero-order valence-electron chi connectivity index (χ0n) is 13.0.